The van der Waals surface area contributed by atoms with Gasteiger partial charge in [-0.05, 0) is 65.3 Å². The maximum Gasteiger partial charge on any atom is 0.255 e. The third-order valence-corrected chi connectivity index (χ3v) is 5.33. The highest BCUT2D eigenvalue weighted by Gasteiger charge is 2.26. The van der Waals surface area contributed by atoms with E-state index in [9.17, 15) is 4.79 Å². The highest BCUT2D eigenvalue weighted by Crippen LogP contribution is 2.26. The van der Waals surface area contributed by atoms with E-state index in [4.69, 9.17) is 4.74 Å². The Morgan fingerprint density at radius 2 is 1.79 bits per heavy atom. The molecule has 3 nitrogen and oxygen atoms in total. The van der Waals surface area contributed by atoms with Crippen LogP contribution < -0.4 is 5.32 Å². The SMILES string of the molecule is CC1[C]C(C)C(Cc2ccc(NC(=O)c3ccc4ccccc4c3)cc2)OC1. The Kier molecular flexibility index (Phi) is 5.45. The Balaban J connectivity index is 1.40. The van der Waals surface area contributed by atoms with Gasteiger partial charge in [0.15, 0.2) is 0 Å². The van der Waals surface area contributed by atoms with Crippen LogP contribution in [-0.2, 0) is 11.2 Å². The molecule has 3 aromatic carbocycles. The third-order valence-electron chi connectivity index (χ3n) is 5.33. The number of fused-ring (bicyclic) bond motifs is 1. The van der Waals surface area contributed by atoms with Gasteiger partial charge in [-0.25, -0.2) is 0 Å². The molecule has 1 N–H and O–H groups in total. The van der Waals surface area contributed by atoms with Crippen molar-refractivity contribution >= 4 is 22.4 Å². The van der Waals surface area contributed by atoms with Crippen molar-refractivity contribution in [3.8, 4) is 0 Å². The lowest BCUT2D eigenvalue weighted by Gasteiger charge is -2.32. The van der Waals surface area contributed by atoms with Gasteiger partial charge in [-0.1, -0.05) is 56.3 Å². The smallest absolute Gasteiger partial charge is 0.255 e. The molecule has 142 valence electrons. The molecule has 0 aliphatic carbocycles. The highest BCUT2D eigenvalue weighted by molar-refractivity contribution is 6.06. The van der Waals surface area contributed by atoms with Crippen LogP contribution in [0.3, 0.4) is 0 Å². The first-order chi connectivity index (χ1) is 13.6. The van der Waals surface area contributed by atoms with Crippen LogP contribution in [0.4, 0.5) is 5.69 Å². The molecule has 1 heterocycles. The van der Waals surface area contributed by atoms with Crippen LogP contribution in [0.5, 0.6) is 0 Å². The quantitative estimate of drug-likeness (QED) is 0.668. The predicted molar refractivity (Wildman–Crippen MR) is 113 cm³/mol. The number of benzene rings is 3. The van der Waals surface area contributed by atoms with E-state index in [0.29, 0.717) is 17.4 Å². The normalized spacial score (nSPS) is 22.1. The van der Waals surface area contributed by atoms with E-state index in [1.54, 1.807) is 0 Å². The van der Waals surface area contributed by atoms with Gasteiger partial charge in [0.1, 0.15) is 0 Å². The number of hydrogen-bond acceptors (Lipinski definition) is 2. The lowest BCUT2D eigenvalue weighted by Crippen LogP contribution is -2.34. The van der Waals surface area contributed by atoms with E-state index < -0.39 is 0 Å². The van der Waals surface area contributed by atoms with E-state index in [0.717, 1.165) is 29.5 Å². The topological polar surface area (TPSA) is 38.3 Å². The van der Waals surface area contributed by atoms with Gasteiger partial charge >= 0.3 is 0 Å². The van der Waals surface area contributed by atoms with Crippen molar-refractivity contribution in [2.75, 3.05) is 11.9 Å². The number of hydrogen-bond donors (Lipinski definition) is 1. The van der Waals surface area contributed by atoms with Crippen molar-refractivity contribution in [1.29, 1.82) is 0 Å². The Morgan fingerprint density at radius 1 is 1.04 bits per heavy atom. The second-order valence-corrected chi connectivity index (χ2v) is 7.65. The van der Waals surface area contributed by atoms with Crippen LogP contribution in [0.1, 0.15) is 29.8 Å². The number of rotatable bonds is 4. The predicted octanol–water partition coefficient (Wildman–Crippen LogP) is 5.39. The highest BCUT2D eigenvalue weighted by atomic mass is 16.5. The zero-order valence-electron chi connectivity index (χ0n) is 16.3. The summed E-state index contributed by atoms with van der Waals surface area (Å²) in [5.41, 5.74) is 2.66. The summed E-state index contributed by atoms with van der Waals surface area (Å²) in [6, 6.07) is 21.8. The third kappa shape index (κ3) is 4.26. The molecular weight excluding hydrogens is 346 g/mol. The first kappa shape index (κ1) is 18.7. The molecule has 1 aliphatic heterocycles. The fourth-order valence-corrected chi connectivity index (χ4v) is 3.74. The molecule has 1 amide bonds. The summed E-state index contributed by atoms with van der Waals surface area (Å²) in [4.78, 5) is 12.6. The lowest BCUT2D eigenvalue weighted by molar-refractivity contribution is -0.0183. The van der Waals surface area contributed by atoms with E-state index in [2.05, 4.69) is 37.7 Å². The van der Waals surface area contributed by atoms with Crippen molar-refractivity contribution in [2.24, 2.45) is 11.8 Å². The number of carbonyl (C=O) groups excluding carboxylic acids is 1. The second-order valence-electron chi connectivity index (χ2n) is 7.65. The van der Waals surface area contributed by atoms with Crippen LogP contribution in [0.15, 0.2) is 66.7 Å². The molecule has 0 aromatic heterocycles. The first-order valence-electron chi connectivity index (χ1n) is 9.85. The number of amides is 1. The van der Waals surface area contributed by atoms with E-state index in [-0.39, 0.29) is 12.0 Å². The lowest BCUT2D eigenvalue weighted by atomic mass is 9.87. The molecule has 0 bridgehead atoms. The average Bonchev–Trinajstić information content (AvgIpc) is 2.71. The Morgan fingerprint density at radius 3 is 2.54 bits per heavy atom. The molecule has 4 rings (SSSR count). The van der Waals surface area contributed by atoms with Gasteiger partial charge in [0.25, 0.3) is 5.91 Å². The van der Waals surface area contributed by atoms with Gasteiger partial charge in [0, 0.05) is 11.3 Å². The molecule has 1 saturated heterocycles. The van der Waals surface area contributed by atoms with Gasteiger partial charge in [-0.2, -0.15) is 0 Å². The van der Waals surface area contributed by atoms with Crippen LogP contribution >= 0.6 is 0 Å². The van der Waals surface area contributed by atoms with Crippen LogP contribution in [0, 0.1) is 18.3 Å². The summed E-state index contributed by atoms with van der Waals surface area (Å²) in [7, 11) is 0. The molecule has 3 atom stereocenters. The summed E-state index contributed by atoms with van der Waals surface area (Å²) in [6.45, 7) is 5.05. The number of nitrogens with one attached hydrogen (secondary N) is 1. The summed E-state index contributed by atoms with van der Waals surface area (Å²) in [6.07, 6.45) is 4.57. The second kappa shape index (κ2) is 8.15. The molecule has 28 heavy (non-hydrogen) atoms. The maximum absolute atomic E-state index is 12.6. The van der Waals surface area contributed by atoms with Crippen molar-refractivity contribution < 1.29 is 9.53 Å². The Labute approximate surface area is 166 Å². The average molecular weight is 371 g/mol. The molecule has 3 aromatic rings. The molecular formula is C25H25NO2. The van der Waals surface area contributed by atoms with Crippen molar-refractivity contribution in [3.05, 3.63) is 84.3 Å². The minimum absolute atomic E-state index is 0.0964. The van der Waals surface area contributed by atoms with Gasteiger partial charge in [0.05, 0.1) is 12.7 Å². The molecule has 0 saturated carbocycles. The van der Waals surface area contributed by atoms with Crippen LogP contribution in [-0.4, -0.2) is 18.6 Å². The summed E-state index contributed by atoms with van der Waals surface area (Å²) >= 11 is 0. The van der Waals surface area contributed by atoms with Crippen molar-refractivity contribution in [3.63, 3.8) is 0 Å². The zero-order chi connectivity index (χ0) is 19.5. The van der Waals surface area contributed by atoms with Crippen LogP contribution in [0.2, 0.25) is 0 Å². The van der Waals surface area contributed by atoms with Gasteiger partial charge in [-0.15, -0.1) is 0 Å². The van der Waals surface area contributed by atoms with Crippen molar-refractivity contribution in [1.82, 2.24) is 0 Å². The summed E-state index contributed by atoms with van der Waals surface area (Å²) in [5, 5.41) is 5.18. The van der Waals surface area contributed by atoms with Gasteiger partial charge in [0.2, 0.25) is 0 Å². The number of ether oxygens (including phenoxy) is 1. The molecule has 1 aliphatic rings. The summed E-state index contributed by atoms with van der Waals surface area (Å²) in [5.74, 6) is 0.635. The molecule has 1 fully saturated rings. The minimum Gasteiger partial charge on any atom is -0.377 e. The fraction of sp³-hybridized carbons (Fsp3) is 0.280. The number of carbonyl (C=O) groups is 1. The molecule has 0 spiro atoms. The standard InChI is InChI=1S/C25H25NO2/c1-17-13-18(2)24(28-16-17)14-19-7-11-23(12-8-19)26-25(27)22-10-9-20-5-3-4-6-21(20)15-22/h3-12,15,17-18,24H,14,16H2,1-2H3,(H,26,27). The van der Waals surface area contributed by atoms with Crippen molar-refractivity contribution in [2.45, 2.75) is 26.4 Å². The number of anilines is 1. The Hall–Kier alpha value is -2.65. The van der Waals surface area contributed by atoms with Gasteiger partial charge < -0.3 is 10.1 Å². The molecule has 3 unspecified atom stereocenters. The van der Waals surface area contributed by atoms with Crippen LogP contribution in [0.25, 0.3) is 10.8 Å². The summed E-state index contributed by atoms with van der Waals surface area (Å²) < 4.78 is 5.96. The largest absolute Gasteiger partial charge is 0.377 e. The maximum atomic E-state index is 12.6. The first-order valence-corrected chi connectivity index (χ1v) is 9.85. The van der Waals surface area contributed by atoms with E-state index in [1.165, 1.54) is 5.56 Å². The fourth-order valence-electron chi connectivity index (χ4n) is 3.74. The Bertz CT molecular complexity index is 964. The molecule has 2 radical (unpaired) electrons. The molecule has 3 heteroatoms. The monoisotopic (exact) mass is 371 g/mol. The zero-order valence-corrected chi connectivity index (χ0v) is 16.3. The van der Waals surface area contributed by atoms with E-state index >= 15 is 0 Å². The minimum atomic E-state index is -0.0964. The van der Waals surface area contributed by atoms with E-state index in [1.807, 2.05) is 54.6 Å². The van der Waals surface area contributed by atoms with Gasteiger partial charge in [-0.3, -0.25) is 4.79 Å².